The van der Waals surface area contributed by atoms with Gasteiger partial charge >= 0.3 is 10.1 Å². The van der Waals surface area contributed by atoms with Gasteiger partial charge in [0, 0.05) is 22.2 Å². The summed E-state index contributed by atoms with van der Waals surface area (Å²) in [5.41, 5.74) is 1.67. The largest absolute Gasteiger partial charge is 0.467 e. The molecule has 0 radical (unpaired) electrons. The molecule has 2 aliphatic rings. The van der Waals surface area contributed by atoms with Crippen molar-refractivity contribution in [3.05, 3.63) is 57.8 Å². The first-order valence-corrected chi connectivity index (χ1v) is 10.0. The molecule has 0 fully saturated rings. The quantitative estimate of drug-likeness (QED) is 0.569. The average Bonchev–Trinajstić information content (AvgIpc) is 2.88. The summed E-state index contributed by atoms with van der Waals surface area (Å²) in [6, 6.07) is 7.60. The first-order valence-electron chi connectivity index (χ1n) is 7.81. The molecule has 7 nitrogen and oxygen atoms in total. The van der Waals surface area contributed by atoms with E-state index in [0.717, 1.165) is 11.8 Å². The third kappa shape index (κ3) is 3.64. The first kappa shape index (κ1) is 17.8. The lowest BCUT2D eigenvalue weighted by molar-refractivity contribution is -0.0165. The highest BCUT2D eigenvalue weighted by Gasteiger charge is 2.29. The number of halogens is 1. The molecular weight excluding hydrogens is 396 g/mol. The van der Waals surface area contributed by atoms with Crippen LogP contribution in [-0.2, 0) is 21.5 Å². The van der Waals surface area contributed by atoms with Crippen molar-refractivity contribution in [2.45, 2.75) is 6.61 Å². The van der Waals surface area contributed by atoms with Crippen LogP contribution in [0.3, 0.4) is 0 Å². The van der Waals surface area contributed by atoms with E-state index in [4.69, 9.17) is 30.0 Å². The van der Waals surface area contributed by atoms with Gasteiger partial charge in [-0.2, -0.15) is 8.42 Å². The number of rotatable bonds is 3. The monoisotopic (exact) mass is 408 g/mol. The number of fused-ring (bicyclic) bond motifs is 2. The molecule has 0 atom stereocenters. The van der Waals surface area contributed by atoms with Gasteiger partial charge in [0.15, 0.2) is 12.6 Å². The van der Waals surface area contributed by atoms with E-state index in [9.17, 15) is 13.2 Å². The van der Waals surface area contributed by atoms with Crippen LogP contribution in [0, 0.1) is 0 Å². The molecule has 0 bridgehead atoms. The van der Waals surface area contributed by atoms with Crippen LogP contribution < -0.4 is 13.7 Å². The van der Waals surface area contributed by atoms with Gasteiger partial charge in [0.05, 0.1) is 18.4 Å². The third-order valence-electron chi connectivity index (χ3n) is 3.88. The fourth-order valence-corrected chi connectivity index (χ4v) is 3.55. The van der Waals surface area contributed by atoms with E-state index in [1.165, 1.54) is 24.3 Å². The molecule has 2 heterocycles. The standard InChI is InChI=1S/C18H13ClO7S/c1-27(21,22)26-13-2-3-14-15(7-13)25-16(17(14)20)6-10-4-12(19)5-11-8-23-9-24-18(10)11/h2-7H,8-9H2,1H3/b16-6-. The minimum Gasteiger partial charge on any atom is -0.467 e. The fourth-order valence-electron chi connectivity index (χ4n) is 2.85. The lowest BCUT2D eigenvalue weighted by Crippen LogP contribution is -2.12. The zero-order valence-corrected chi connectivity index (χ0v) is 15.6. The molecule has 2 aliphatic heterocycles. The molecule has 0 N–H and O–H groups in total. The van der Waals surface area contributed by atoms with Crippen LogP contribution in [0.1, 0.15) is 21.5 Å². The molecule has 0 saturated carbocycles. The average molecular weight is 409 g/mol. The van der Waals surface area contributed by atoms with Crippen LogP contribution in [0.25, 0.3) is 6.08 Å². The topological polar surface area (TPSA) is 88.1 Å². The summed E-state index contributed by atoms with van der Waals surface area (Å²) in [5.74, 6) is 0.586. The van der Waals surface area contributed by atoms with Gasteiger partial charge in [0.25, 0.3) is 0 Å². The molecule has 27 heavy (non-hydrogen) atoms. The summed E-state index contributed by atoms with van der Waals surface area (Å²) >= 11 is 6.14. The number of benzene rings is 2. The fraction of sp³-hybridized carbons (Fsp3) is 0.167. The Morgan fingerprint density at radius 1 is 1.22 bits per heavy atom. The van der Waals surface area contributed by atoms with E-state index in [-0.39, 0.29) is 29.8 Å². The summed E-state index contributed by atoms with van der Waals surface area (Å²) in [6.45, 7) is 0.458. The van der Waals surface area contributed by atoms with Gasteiger partial charge in [-0.1, -0.05) is 11.6 Å². The summed E-state index contributed by atoms with van der Waals surface area (Å²) in [4.78, 5) is 12.6. The maximum Gasteiger partial charge on any atom is 0.306 e. The highest BCUT2D eigenvalue weighted by molar-refractivity contribution is 7.86. The third-order valence-corrected chi connectivity index (χ3v) is 4.59. The summed E-state index contributed by atoms with van der Waals surface area (Å²) < 4.78 is 43.7. The van der Waals surface area contributed by atoms with Crippen LogP contribution in [0.5, 0.6) is 17.2 Å². The number of hydrogen-bond acceptors (Lipinski definition) is 7. The molecule has 0 aromatic heterocycles. The number of carbonyl (C=O) groups is 1. The first-order chi connectivity index (χ1) is 12.8. The lowest BCUT2D eigenvalue weighted by atomic mass is 10.1. The van der Waals surface area contributed by atoms with Gasteiger partial charge in [-0.25, -0.2) is 0 Å². The van der Waals surface area contributed by atoms with Crippen molar-refractivity contribution >= 4 is 33.6 Å². The second-order valence-electron chi connectivity index (χ2n) is 5.98. The van der Waals surface area contributed by atoms with E-state index in [1.807, 2.05) is 0 Å². The Labute approximate surface area is 160 Å². The van der Waals surface area contributed by atoms with Gasteiger partial charge in [0.1, 0.15) is 17.2 Å². The van der Waals surface area contributed by atoms with Gasteiger partial charge in [-0.05, 0) is 30.3 Å². The maximum atomic E-state index is 12.6. The highest BCUT2D eigenvalue weighted by Crippen LogP contribution is 2.38. The van der Waals surface area contributed by atoms with E-state index in [0.29, 0.717) is 28.5 Å². The Balaban J connectivity index is 1.70. The van der Waals surface area contributed by atoms with Crippen molar-refractivity contribution in [1.29, 1.82) is 0 Å². The number of ether oxygens (including phenoxy) is 3. The number of allylic oxidation sites excluding steroid dienone is 1. The zero-order valence-electron chi connectivity index (χ0n) is 14.0. The predicted molar refractivity (Wildman–Crippen MR) is 96.6 cm³/mol. The van der Waals surface area contributed by atoms with Gasteiger partial charge in [0.2, 0.25) is 5.78 Å². The van der Waals surface area contributed by atoms with E-state index in [2.05, 4.69) is 0 Å². The molecule has 2 aromatic rings. The molecule has 0 saturated heterocycles. The van der Waals surface area contributed by atoms with Crippen molar-refractivity contribution < 1.29 is 31.6 Å². The van der Waals surface area contributed by atoms with Crippen LogP contribution in [0.15, 0.2) is 36.1 Å². The van der Waals surface area contributed by atoms with Crippen LogP contribution in [0.4, 0.5) is 0 Å². The Morgan fingerprint density at radius 3 is 2.81 bits per heavy atom. The Bertz CT molecular complexity index is 1090. The van der Waals surface area contributed by atoms with Gasteiger partial charge in [-0.3, -0.25) is 4.79 Å². The molecule has 2 aromatic carbocycles. The van der Waals surface area contributed by atoms with Crippen molar-refractivity contribution in [2.24, 2.45) is 0 Å². The normalized spacial score (nSPS) is 17.1. The Hall–Kier alpha value is -2.55. The van der Waals surface area contributed by atoms with Crippen LogP contribution in [0.2, 0.25) is 5.02 Å². The molecule has 4 rings (SSSR count). The van der Waals surface area contributed by atoms with Crippen molar-refractivity contribution in [2.75, 3.05) is 13.0 Å². The van der Waals surface area contributed by atoms with Gasteiger partial charge in [-0.15, -0.1) is 0 Å². The van der Waals surface area contributed by atoms with Crippen molar-refractivity contribution in [1.82, 2.24) is 0 Å². The lowest BCUT2D eigenvalue weighted by Gasteiger charge is -2.20. The number of hydrogen-bond donors (Lipinski definition) is 0. The second-order valence-corrected chi connectivity index (χ2v) is 7.99. The molecule has 0 spiro atoms. The zero-order chi connectivity index (χ0) is 19.2. The van der Waals surface area contributed by atoms with Crippen LogP contribution >= 0.6 is 11.6 Å². The summed E-state index contributed by atoms with van der Waals surface area (Å²) in [5, 5.41) is 0.474. The molecule has 9 heteroatoms. The number of Topliss-reactive ketones (excluding diaryl/α,β-unsaturated/α-hetero) is 1. The summed E-state index contributed by atoms with van der Waals surface area (Å²) in [7, 11) is -3.68. The Morgan fingerprint density at radius 2 is 2.04 bits per heavy atom. The minimum atomic E-state index is -3.68. The molecule has 0 aliphatic carbocycles. The molecule has 0 unspecified atom stereocenters. The minimum absolute atomic E-state index is 0.0610. The molecule has 0 amide bonds. The Kier molecular flexibility index (Phi) is 4.33. The van der Waals surface area contributed by atoms with E-state index < -0.39 is 10.1 Å². The number of ketones is 1. The maximum absolute atomic E-state index is 12.6. The van der Waals surface area contributed by atoms with Crippen molar-refractivity contribution in [3.8, 4) is 17.2 Å². The molecule has 140 valence electrons. The van der Waals surface area contributed by atoms with E-state index >= 15 is 0 Å². The summed E-state index contributed by atoms with van der Waals surface area (Å²) in [6.07, 6.45) is 2.47. The van der Waals surface area contributed by atoms with Gasteiger partial charge < -0.3 is 18.4 Å². The highest BCUT2D eigenvalue weighted by atomic mass is 35.5. The second kappa shape index (κ2) is 6.56. The number of carbonyl (C=O) groups excluding carboxylic acids is 1. The van der Waals surface area contributed by atoms with E-state index in [1.54, 1.807) is 12.1 Å². The van der Waals surface area contributed by atoms with Crippen molar-refractivity contribution in [3.63, 3.8) is 0 Å². The SMILES string of the molecule is CS(=O)(=O)Oc1ccc2c(c1)O/C(=C\c1cc(Cl)cc3c1OCOC3)C2=O. The smallest absolute Gasteiger partial charge is 0.306 e. The molecular formula is C18H13ClO7S. The van der Waals surface area contributed by atoms with Crippen LogP contribution in [-0.4, -0.2) is 27.2 Å². The predicted octanol–water partition coefficient (Wildman–Crippen LogP) is 3.16.